The van der Waals surface area contributed by atoms with Crippen LogP contribution in [0.25, 0.3) is 17.2 Å². The van der Waals surface area contributed by atoms with Gasteiger partial charge in [-0.2, -0.15) is 5.10 Å². The van der Waals surface area contributed by atoms with E-state index in [1.807, 2.05) is 13.8 Å². The molecule has 0 aliphatic carbocycles. The van der Waals surface area contributed by atoms with Gasteiger partial charge in [0.15, 0.2) is 5.69 Å². The van der Waals surface area contributed by atoms with E-state index in [0.29, 0.717) is 24.5 Å². The number of nitrogen functional groups attached to an aromatic ring is 1. The number of carbonyl (C=O) groups is 1. The van der Waals surface area contributed by atoms with Gasteiger partial charge in [0.2, 0.25) is 0 Å². The number of aromatic nitrogens is 4. The molecule has 2 aromatic heterocycles. The second kappa shape index (κ2) is 8.01. The number of allylic oxidation sites excluding steroid dienone is 2. The van der Waals surface area contributed by atoms with Gasteiger partial charge in [-0.3, -0.25) is 4.79 Å². The third-order valence-corrected chi connectivity index (χ3v) is 3.60. The SMILES string of the molecule is CCN(CC)C(=O)c1cc(-c2cnc(N)cn2)n(/C(N)=C/C=C(N)N)n1. The first-order valence-electron chi connectivity index (χ1n) is 8.03. The van der Waals surface area contributed by atoms with Crippen LogP contribution in [0.1, 0.15) is 24.3 Å². The monoisotopic (exact) mass is 357 g/mol. The fourth-order valence-corrected chi connectivity index (χ4v) is 2.26. The summed E-state index contributed by atoms with van der Waals surface area (Å²) in [7, 11) is 0. The summed E-state index contributed by atoms with van der Waals surface area (Å²) >= 11 is 0. The van der Waals surface area contributed by atoms with Crippen LogP contribution < -0.4 is 22.9 Å². The normalized spacial score (nSPS) is 11.2. The van der Waals surface area contributed by atoms with Gasteiger partial charge in [-0.15, -0.1) is 0 Å². The zero-order valence-electron chi connectivity index (χ0n) is 14.8. The molecule has 0 aliphatic heterocycles. The molecule has 1 amide bonds. The highest BCUT2D eigenvalue weighted by molar-refractivity contribution is 5.93. The molecule has 0 atom stereocenters. The molecule has 10 heteroatoms. The van der Waals surface area contributed by atoms with Gasteiger partial charge in [0, 0.05) is 13.1 Å². The Hall–Kier alpha value is -3.56. The molecule has 8 N–H and O–H groups in total. The van der Waals surface area contributed by atoms with E-state index in [0.717, 1.165) is 0 Å². The summed E-state index contributed by atoms with van der Waals surface area (Å²) in [4.78, 5) is 22.5. The molecular formula is C16H23N9O. The van der Waals surface area contributed by atoms with Gasteiger partial charge >= 0.3 is 0 Å². The van der Waals surface area contributed by atoms with E-state index in [1.54, 1.807) is 11.0 Å². The van der Waals surface area contributed by atoms with Crippen LogP contribution in [0.15, 0.2) is 36.4 Å². The number of amides is 1. The molecule has 138 valence electrons. The molecule has 0 spiro atoms. The maximum atomic E-state index is 12.6. The molecule has 0 unspecified atom stereocenters. The van der Waals surface area contributed by atoms with Gasteiger partial charge in [-0.25, -0.2) is 14.6 Å². The molecule has 0 fully saturated rings. The van der Waals surface area contributed by atoms with E-state index in [1.165, 1.54) is 29.2 Å². The molecule has 0 bridgehead atoms. The number of rotatable bonds is 6. The van der Waals surface area contributed by atoms with Crippen molar-refractivity contribution >= 4 is 17.5 Å². The van der Waals surface area contributed by atoms with Gasteiger partial charge in [0.05, 0.1) is 23.9 Å². The Balaban J connectivity index is 2.57. The Kier molecular flexibility index (Phi) is 5.78. The van der Waals surface area contributed by atoms with Crippen LogP contribution in [0.5, 0.6) is 0 Å². The van der Waals surface area contributed by atoms with Crippen molar-refractivity contribution in [3.63, 3.8) is 0 Å². The van der Waals surface area contributed by atoms with Gasteiger partial charge in [-0.05, 0) is 32.1 Å². The molecule has 10 nitrogen and oxygen atoms in total. The number of nitrogens with zero attached hydrogens (tertiary/aromatic N) is 5. The van der Waals surface area contributed by atoms with Crippen molar-refractivity contribution in [2.75, 3.05) is 18.8 Å². The smallest absolute Gasteiger partial charge is 0.274 e. The maximum absolute atomic E-state index is 12.6. The van der Waals surface area contributed by atoms with Crippen LogP contribution in [-0.2, 0) is 0 Å². The zero-order valence-corrected chi connectivity index (χ0v) is 14.8. The van der Waals surface area contributed by atoms with Gasteiger partial charge in [-0.1, -0.05) is 0 Å². The lowest BCUT2D eigenvalue weighted by Crippen LogP contribution is -2.30. The number of anilines is 1. The van der Waals surface area contributed by atoms with Gasteiger partial charge in [0.1, 0.15) is 17.3 Å². The highest BCUT2D eigenvalue weighted by atomic mass is 16.2. The first-order chi connectivity index (χ1) is 12.4. The minimum Gasteiger partial charge on any atom is -0.386 e. The predicted octanol–water partition coefficient (Wildman–Crippen LogP) is -0.0798. The molecule has 0 aliphatic rings. The molecule has 0 saturated heterocycles. The lowest BCUT2D eigenvalue weighted by atomic mass is 10.2. The fourth-order valence-electron chi connectivity index (χ4n) is 2.26. The van der Waals surface area contributed by atoms with Crippen molar-refractivity contribution in [1.29, 1.82) is 0 Å². The third kappa shape index (κ3) is 4.09. The van der Waals surface area contributed by atoms with E-state index >= 15 is 0 Å². The van der Waals surface area contributed by atoms with Gasteiger partial charge < -0.3 is 27.8 Å². The van der Waals surface area contributed by atoms with Crippen LogP contribution in [-0.4, -0.2) is 43.6 Å². The summed E-state index contributed by atoms with van der Waals surface area (Å²) < 4.78 is 1.39. The molecule has 2 heterocycles. The van der Waals surface area contributed by atoms with Crippen molar-refractivity contribution in [2.45, 2.75) is 13.8 Å². The maximum Gasteiger partial charge on any atom is 0.274 e. The number of hydrogen-bond acceptors (Lipinski definition) is 8. The topological polar surface area (TPSA) is 168 Å². The highest BCUT2D eigenvalue weighted by Gasteiger charge is 2.21. The summed E-state index contributed by atoms with van der Waals surface area (Å²) in [5, 5.41) is 4.33. The fraction of sp³-hybridized carbons (Fsp3) is 0.250. The van der Waals surface area contributed by atoms with Crippen molar-refractivity contribution in [1.82, 2.24) is 24.6 Å². The van der Waals surface area contributed by atoms with Gasteiger partial charge in [0.25, 0.3) is 5.91 Å². The lowest BCUT2D eigenvalue weighted by molar-refractivity contribution is 0.0766. The molecular weight excluding hydrogens is 334 g/mol. The second-order valence-corrected chi connectivity index (χ2v) is 5.39. The Morgan fingerprint density at radius 1 is 1.15 bits per heavy atom. The summed E-state index contributed by atoms with van der Waals surface area (Å²) in [6, 6.07) is 1.61. The van der Waals surface area contributed by atoms with Crippen LogP contribution in [0.3, 0.4) is 0 Å². The average Bonchev–Trinajstić information content (AvgIpc) is 3.06. The minimum absolute atomic E-state index is 0.0911. The van der Waals surface area contributed by atoms with Crippen molar-refractivity contribution < 1.29 is 4.79 Å². The predicted molar refractivity (Wildman–Crippen MR) is 99.8 cm³/mol. The molecule has 0 radical (unpaired) electrons. The standard InChI is InChI=1S/C16H23N9O/c1-3-24(4-2)16(26)10-7-12(11-8-22-14(19)9-21-11)25(23-10)15(20)6-5-13(17)18/h5-9H,3-4,17-18,20H2,1-2H3,(H2,19,22)/b15-6+. The van der Waals surface area contributed by atoms with E-state index in [9.17, 15) is 4.79 Å². The Bertz CT molecular complexity index is 828. The molecule has 0 aromatic carbocycles. The quantitative estimate of drug-likeness (QED) is 0.520. The van der Waals surface area contributed by atoms with Crippen LogP contribution in [0.4, 0.5) is 5.82 Å². The summed E-state index contributed by atoms with van der Waals surface area (Å²) in [6.45, 7) is 4.93. The highest BCUT2D eigenvalue weighted by Crippen LogP contribution is 2.21. The second-order valence-electron chi connectivity index (χ2n) is 5.39. The summed E-state index contributed by atoms with van der Waals surface area (Å²) in [5.74, 6) is 0.376. The minimum atomic E-state index is -0.208. The zero-order chi connectivity index (χ0) is 19.3. The van der Waals surface area contributed by atoms with Crippen LogP contribution in [0, 0.1) is 0 Å². The third-order valence-electron chi connectivity index (χ3n) is 3.60. The Labute approximate surface area is 151 Å². The molecule has 2 rings (SSSR count). The van der Waals surface area contributed by atoms with Crippen molar-refractivity contribution in [3.8, 4) is 11.4 Å². The first-order valence-corrected chi connectivity index (χ1v) is 8.03. The Morgan fingerprint density at radius 3 is 2.38 bits per heavy atom. The molecule has 26 heavy (non-hydrogen) atoms. The van der Waals surface area contributed by atoms with E-state index in [-0.39, 0.29) is 29.1 Å². The van der Waals surface area contributed by atoms with Crippen LogP contribution >= 0.6 is 0 Å². The molecule has 0 saturated carbocycles. The summed E-state index contributed by atoms with van der Waals surface area (Å²) in [5.41, 5.74) is 23.7. The largest absolute Gasteiger partial charge is 0.386 e. The van der Waals surface area contributed by atoms with Crippen LogP contribution in [0.2, 0.25) is 0 Å². The van der Waals surface area contributed by atoms with Crippen molar-refractivity contribution in [2.24, 2.45) is 17.2 Å². The van der Waals surface area contributed by atoms with Crippen molar-refractivity contribution in [3.05, 3.63) is 42.1 Å². The van der Waals surface area contributed by atoms with E-state index in [2.05, 4.69) is 15.1 Å². The molecule has 2 aromatic rings. The number of hydrogen-bond donors (Lipinski definition) is 4. The first kappa shape index (κ1) is 18.8. The number of carbonyl (C=O) groups excluding carboxylic acids is 1. The Morgan fingerprint density at radius 2 is 1.85 bits per heavy atom. The number of nitrogens with two attached hydrogens (primary N) is 4. The lowest BCUT2D eigenvalue weighted by Gasteiger charge is -2.16. The van der Waals surface area contributed by atoms with E-state index < -0.39 is 0 Å². The van der Waals surface area contributed by atoms with E-state index in [4.69, 9.17) is 22.9 Å². The average molecular weight is 357 g/mol. The summed E-state index contributed by atoms with van der Waals surface area (Å²) in [6.07, 6.45) is 5.81.